The summed E-state index contributed by atoms with van der Waals surface area (Å²) in [4.78, 5) is 0. The van der Waals surface area contributed by atoms with E-state index in [2.05, 4.69) is 23.5 Å². The Morgan fingerprint density at radius 1 is 1.50 bits per heavy atom. The number of rotatable bonds is 7. The maximum atomic E-state index is 5.74. The van der Waals surface area contributed by atoms with Gasteiger partial charge < -0.3 is 15.8 Å². The first-order valence-electron chi connectivity index (χ1n) is 5.83. The Kier molecular flexibility index (Phi) is 5.38. The summed E-state index contributed by atoms with van der Waals surface area (Å²) in [6, 6.07) is 0.430. The van der Waals surface area contributed by atoms with E-state index in [-0.39, 0.29) is 0 Å². The maximum absolute atomic E-state index is 5.74. The standard InChI is InChI=1S/C11H21N3OS/c1-4-6-7-8(3)13-11-9(15-5-2)10(12)14-16-11/h8,13H,4-7H2,1-3H3,(H2,12,14). The highest BCUT2D eigenvalue weighted by molar-refractivity contribution is 7.11. The summed E-state index contributed by atoms with van der Waals surface area (Å²) in [6.45, 7) is 6.92. The number of nitrogens with one attached hydrogen (secondary N) is 1. The molecule has 0 aliphatic rings. The summed E-state index contributed by atoms with van der Waals surface area (Å²) in [6.07, 6.45) is 3.60. The van der Waals surface area contributed by atoms with Gasteiger partial charge in [0.05, 0.1) is 6.61 Å². The minimum absolute atomic E-state index is 0.430. The van der Waals surface area contributed by atoms with E-state index in [1.807, 2.05) is 6.92 Å². The molecule has 1 rings (SSSR count). The first-order valence-corrected chi connectivity index (χ1v) is 6.60. The molecule has 1 heterocycles. The van der Waals surface area contributed by atoms with Gasteiger partial charge in [0.25, 0.3) is 0 Å². The van der Waals surface area contributed by atoms with E-state index in [4.69, 9.17) is 10.5 Å². The van der Waals surface area contributed by atoms with Crippen molar-refractivity contribution < 1.29 is 4.74 Å². The van der Waals surface area contributed by atoms with Gasteiger partial charge >= 0.3 is 0 Å². The highest BCUT2D eigenvalue weighted by Gasteiger charge is 2.14. The van der Waals surface area contributed by atoms with Crippen LogP contribution < -0.4 is 15.8 Å². The Morgan fingerprint density at radius 3 is 2.88 bits per heavy atom. The highest BCUT2D eigenvalue weighted by atomic mass is 32.1. The molecule has 1 aromatic rings. The Hall–Kier alpha value is -0.970. The van der Waals surface area contributed by atoms with E-state index in [0.717, 1.165) is 11.4 Å². The van der Waals surface area contributed by atoms with E-state index in [0.29, 0.717) is 24.2 Å². The topological polar surface area (TPSA) is 60.2 Å². The second kappa shape index (κ2) is 6.58. The summed E-state index contributed by atoms with van der Waals surface area (Å²) < 4.78 is 9.57. The number of nitrogens with zero attached hydrogens (tertiary/aromatic N) is 1. The number of ether oxygens (including phenoxy) is 1. The van der Waals surface area contributed by atoms with Gasteiger partial charge in [0.1, 0.15) is 0 Å². The van der Waals surface area contributed by atoms with Gasteiger partial charge in [-0.05, 0) is 31.8 Å². The Morgan fingerprint density at radius 2 is 2.25 bits per heavy atom. The van der Waals surface area contributed by atoms with E-state index in [9.17, 15) is 0 Å². The largest absolute Gasteiger partial charge is 0.487 e. The molecule has 1 atom stereocenters. The molecule has 0 aliphatic heterocycles. The molecule has 0 amide bonds. The van der Waals surface area contributed by atoms with Gasteiger partial charge in [0.15, 0.2) is 16.6 Å². The van der Waals surface area contributed by atoms with Crippen molar-refractivity contribution in [3.63, 3.8) is 0 Å². The van der Waals surface area contributed by atoms with Crippen molar-refractivity contribution in [3.05, 3.63) is 0 Å². The number of hydrogen-bond acceptors (Lipinski definition) is 5. The van der Waals surface area contributed by atoms with Crippen LogP contribution in [0.2, 0.25) is 0 Å². The third-order valence-corrected chi connectivity index (χ3v) is 3.10. The second-order valence-corrected chi connectivity index (χ2v) is 4.62. The number of nitrogens with two attached hydrogens (primary N) is 1. The quantitative estimate of drug-likeness (QED) is 0.772. The van der Waals surface area contributed by atoms with Crippen LogP contribution in [0.4, 0.5) is 10.8 Å². The van der Waals surface area contributed by atoms with Gasteiger partial charge in [0, 0.05) is 6.04 Å². The van der Waals surface area contributed by atoms with Crippen LogP contribution in [0.15, 0.2) is 0 Å². The van der Waals surface area contributed by atoms with Crippen LogP contribution in [-0.4, -0.2) is 17.0 Å². The van der Waals surface area contributed by atoms with E-state index >= 15 is 0 Å². The van der Waals surface area contributed by atoms with Crippen molar-refractivity contribution in [2.24, 2.45) is 0 Å². The average Bonchev–Trinajstić information content (AvgIpc) is 2.59. The molecule has 3 N–H and O–H groups in total. The number of hydrogen-bond donors (Lipinski definition) is 2. The van der Waals surface area contributed by atoms with Gasteiger partial charge in [-0.25, -0.2) is 0 Å². The van der Waals surface area contributed by atoms with Crippen LogP contribution in [0.5, 0.6) is 5.75 Å². The zero-order valence-electron chi connectivity index (χ0n) is 10.2. The zero-order chi connectivity index (χ0) is 12.0. The lowest BCUT2D eigenvalue weighted by Gasteiger charge is -2.14. The molecular weight excluding hydrogens is 222 g/mol. The van der Waals surface area contributed by atoms with Crippen LogP contribution in [0.1, 0.15) is 40.0 Å². The first-order chi connectivity index (χ1) is 7.69. The maximum Gasteiger partial charge on any atom is 0.197 e. The van der Waals surface area contributed by atoms with E-state index in [1.54, 1.807) is 0 Å². The molecular formula is C11H21N3OS. The molecule has 0 aromatic carbocycles. The number of aromatic nitrogens is 1. The molecule has 0 saturated carbocycles. The lowest BCUT2D eigenvalue weighted by molar-refractivity contribution is 0.344. The van der Waals surface area contributed by atoms with Gasteiger partial charge in [-0.1, -0.05) is 19.8 Å². The third-order valence-electron chi connectivity index (χ3n) is 2.33. The average molecular weight is 243 g/mol. The van der Waals surface area contributed by atoms with Gasteiger partial charge in [0.2, 0.25) is 0 Å². The van der Waals surface area contributed by atoms with Gasteiger partial charge in [-0.2, -0.15) is 4.37 Å². The number of nitrogen functional groups attached to an aromatic ring is 1. The second-order valence-electron chi connectivity index (χ2n) is 3.85. The predicted molar refractivity (Wildman–Crippen MR) is 70.3 cm³/mol. The molecule has 0 fully saturated rings. The van der Waals surface area contributed by atoms with Crippen molar-refractivity contribution in [1.29, 1.82) is 0 Å². The Labute approximate surface area is 101 Å². The fourth-order valence-corrected chi connectivity index (χ4v) is 2.25. The molecule has 0 aliphatic carbocycles. The van der Waals surface area contributed by atoms with E-state index < -0.39 is 0 Å². The summed E-state index contributed by atoms with van der Waals surface area (Å²) >= 11 is 1.37. The molecule has 0 saturated heterocycles. The molecule has 16 heavy (non-hydrogen) atoms. The van der Waals surface area contributed by atoms with Crippen LogP contribution in [0.3, 0.4) is 0 Å². The normalized spacial score (nSPS) is 12.4. The van der Waals surface area contributed by atoms with Crippen LogP contribution >= 0.6 is 11.5 Å². The zero-order valence-corrected chi connectivity index (χ0v) is 11.1. The molecule has 0 spiro atoms. The predicted octanol–water partition coefficient (Wildman–Crippen LogP) is 3.11. The van der Waals surface area contributed by atoms with Crippen LogP contribution in [0, 0.1) is 0 Å². The van der Waals surface area contributed by atoms with Crippen molar-refractivity contribution in [2.75, 3.05) is 17.7 Å². The number of unbranched alkanes of at least 4 members (excludes halogenated alkanes) is 1. The minimum Gasteiger partial charge on any atom is -0.487 e. The van der Waals surface area contributed by atoms with Gasteiger partial charge in [-0.3, -0.25) is 0 Å². The smallest absolute Gasteiger partial charge is 0.197 e. The molecule has 1 aromatic heterocycles. The highest BCUT2D eigenvalue weighted by Crippen LogP contribution is 2.35. The third kappa shape index (κ3) is 3.56. The molecule has 92 valence electrons. The fraction of sp³-hybridized carbons (Fsp3) is 0.727. The fourth-order valence-electron chi connectivity index (χ4n) is 1.48. The lowest BCUT2D eigenvalue weighted by Crippen LogP contribution is -2.14. The van der Waals surface area contributed by atoms with Crippen molar-refractivity contribution in [1.82, 2.24) is 4.37 Å². The molecule has 4 nitrogen and oxygen atoms in total. The van der Waals surface area contributed by atoms with Crippen molar-refractivity contribution in [2.45, 2.75) is 46.1 Å². The molecule has 1 unspecified atom stereocenters. The van der Waals surface area contributed by atoms with Gasteiger partial charge in [-0.15, -0.1) is 0 Å². The molecule has 5 heteroatoms. The Balaban J connectivity index is 2.58. The van der Waals surface area contributed by atoms with E-state index in [1.165, 1.54) is 24.4 Å². The molecule has 0 radical (unpaired) electrons. The SMILES string of the molecule is CCCCC(C)Nc1snc(N)c1OCC. The summed E-state index contributed by atoms with van der Waals surface area (Å²) in [5.74, 6) is 1.19. The minimum atomic E-state index is 0.430. The van der Waals surface area contributed by atoms with Crippen molar-refractivity contribution >= 4 is 22.4 Å². The van der Waals surface area contributed by atoms with Crippen LogP contribution in [-0.2, 0) is 0 Å². The lowest BCUT2D eigenvalue weighted by atomic mass is 10.1. The monoisotopic (exact) mass is 243 g/mol. The van der Waals surface area contributed by atoms with Crippen LogP contribution in [0.25, 0.3) is 0 Å². The summed E-state index contributed by atoms with van der Waals surface area (Å²) in [5, 5.41) is 4.35. The summed E-state index contributed by atoms with van der Waals surface area (Å²) in [5.41, 5.74) is 5.74. The molecule has 0 bridgehead atoms. The summed E-state index contributed by atoms with van der Waals surface area (Å²) in [7, 11) is 0. The Bertz CT molecular complexity index is 314. The van der Waals surface area contributed by atoms with Crippen molar-refractivity contribution in [3.8, 4) is 5.75 Å². The number of anilines is 2. The first kappa shape index (κ1) is 13.1.